The number of halogens is 3. The van der Waals surface area contributed by atoms with Crippen molar-refractivity contribution in [2.45, 2.75) is 19.6 Å². The van der Waals surface area contributed by atoms with Gasteiger partial charge in [0.25, 0.3) is 0 Å². The number of anilines is 2. The van der Waals surface area contributed by atoms with Crippen LogP contribution in [0.25, 0.3) is 0 Å². The van der Waals surface area contributed by atoms with Crippen LogP contribution in [0.15, 0.2) is 16.7 Å². The van der Waals surface area contributed by atoms with Gasteiger partial charge in [-0.2, -0.15) is 13.2 Å². The number of nitrogens with one attached hydrogen (secondary N) is 1. The highest BCUT2D eigenvalue weighted by molar-refractivity contribution is 5.45. The van der Waals surface area contributed by atoms with Crippen molar-refractivity contribution in [3.63, 3.8) is 0 Å². The number of aryl methyl sites for hydroxylation is 1. The Bertz CT molecular complexity index is 581. The Balaban J connectivity index is 2.14. The molecule has 3 N–H and O–H groups in total. The van der Waals surface area contributed by atoms with E-state index in [0.717, 1.165) is 0 Å². The van der Waals surface area contributed by atoms with Crippen LogP contribution in [0.5, 0.6) is 0 Å². The van der Waals surface area contributed by atoms with Gasteiger partial charge in [0.05, 0.1) is 6.54 Å². The predicted octanol–water partition coefficient (Wildman–Crippen LogP) is 1.99. The fraction of sp³-hybridized carbons (Fsp3) is 0.300. The molecule has 0 saturated heterocycles. The first-order valence-electron chi connectivity index (χ1n) is 5.22. The second-order valence-electron chi connectivity index (χ2n) is 3.78. The molecule has 102 valence electrons. The van der Waals surface area contributed by atoms with Crippen molar-refractivity contribution in [3.05, 3.63) is 29.4 Å². The molecule has 2 rings (SSSR count). The average Bonchev–Trinajstić information content (AvgIpc) is 2.71. The second-order valence-corrected chi connectivity index (χ2v) is 3.78. The van der Waals surface area contributed by atoms with Crippen molar-refractivity contribution in [3.8, 4) is 0 Å². The summed E-state index contributed by atoms with van der Waals surface area (Å²) in [6, 6.07) is 2.87. The molecule has 0 aliphatic rings. The minimum absolute atomic E-state index is 0.0273. The van der Waals surface area contributed by atoms with E-state index >= 15 is 0 Å². The molecule has 0 aliphatic carbocycles. The van der Waals surface area contributed by atoms with Crippen LogP contribution in [0.2, 0.25) is 0 Å². The van der Waals surface area contributed by atoms with Crippen molar-refractivity contribution in [2.75, 3.05) is 11.1 Å². The van der Waals surface area contributed by atoms with Crippen LogP contribution < -0.4 is 11.1 Å². The number of hydrogen-bond acceptors (Lipinski definition) is 6. The summed E-state index contributed by atoms with van der Waals surface area (Å²) >= 11 is 0. The minimum Gasteiger partial charge on any atom is -0.384 e. The van der Waals surface area contributed by atoms with Crippen molar-refractivity contribution in [1.82, 2.24) is 15.1 Å². The van der Waals surface area contributed by atoms with Gasteiger partial charge in [-0.3, -0.25) is 0 Å². The van der Waals surface area contributed by atoms with Gasteiger partial charge >= 0.3 is 6.18 Å². The molecule has 2 aromatic rings. The zero-order valence-corrected chi connectivity index (χ0v) is 9.82. The molecule has 0 saturated carbocycles. The fourth-order valence-corrected chi connectivity index (χ4v) is 1.37. The number of nitrogens with two attached hydrogens (primary N) is 1. The van der Waals surface area contributed by atoms with Gasteiger partial charge in [0, 0.05) is 12.1 Å². The van der Waals surface area contributed by atoms with E-state index in [-0.39, 0.29) is 18.2 Å². The van der Waals surface area contributed by atoms with Crippen LogP contribution >= 0.6 is 0 Å². The molecule has 19 heavy (non-hydrogen) atoms. The van der Waals surface area contributed by atoms with Crippen LogP contribution in [0.1, 0.15) is 17.3 Å². The molecule has 2 heterocycles. The number of nitrogens with zero attached hydrogens (tertiary/aromatic N) is 3. The zero-order chi connectivity index (χ0) is 14.0. The minimum atomic E-state index is -4.64. The summed E-state index contributed by atoms with van der Waals surface area (Å²) in [5.74, 6) is -0.969. The molecule has 0 fully saturated rings. The summed E-state index contributed by atoms with van der Waals surface area (Å²) in [5, 5.41) is 6.36. The lowest BCUT2D eigenvalue weighted by molar-refractivity contribution is -0.144. The number of alkyl halides is 3. The normalized spacial score (nSPS) is 11.6. The van der Waals surface area contributed by atoms with Gasteiger partial charge in [-0.15, -0.1) is 0 Å². The Morgan fingerprint density at radius 1 is 1.32 bits per heavy atom. The third-order valence-corrected chi connectivity index (χ3v) is 2.13. The Labute approximate surface area is 105 Å². The van der Waals surface area contributed by atoms with Crippen molar-refractivity contribution < 1.29 is 17.7 Å². The third-order valence-electron chi connectivity index (χ3n) is 2.13. The van der Waals surface area contributed by atoms with Crippen molar-refractivity contribution >= 4 is 11.6 Å². The Kier molecular flexibility index (Phi) is 3.28. The summed E-state index contributed by atoms with van der Waals surface area (Å²) in [6.45, 7) is 1.88. The molecule has 6 nitrogen and oxygen atoms in total. The highest BCUT2D eigenvalue weighted by atomic mass is 19.4. The highest BCUT2D eigenvalue weighted by Crippen LogP contribution is 2.27. The van der Waals surface area contributed by atoms with Gasteiger partial charge in [-0.1, -0.05) is 5.16 Å². The molecule has 0 bridgehead atoms. The van der Waals surface area contributed by atoms with Crippen LogP contribution in [0, 0.1) is 6.92 Å². The number of nitrogen functional groups attached to an aromatic ring is 1. The average molecular weight is 273 g/mol. The van der Waals surface area contributed by atoms with Crippen LogP contribution in [0.3, 0.4) is 0 Å². The maximum atomic E-state index is 12.5. The second kappa shape index (κ2) is 4.75. The first kappa shape index (κ1) is 13.1. The van der Waals surface area contributed by atoms with E-state index in [1.54, 1.807) is 13.0 Å². The van der Waals surface area contributed by atoms with Gasteiger partial charge in [0.1, 0.15) is 23.1 Å². The lowest BCUT2D eigenvalue weighted by Gasteiger charge is -2.09. The lowest BCUT2D eigenvalue weighted by Crippen LogP contribution is -2.14. The van der Waals surface area contributed by atoms with E-state index in [1.165, 1.54) is 6.07 Å². The molecule has 0 aromatic carbocycles. The monoisotopic (exact) mass is 273 g/mol. The summed E-state index contributed by atoms with van der Waals surface area (Å²) in [4.78, 5) is 6.47. The molecule has 0 unspecified atom stereocenters. The van der Waals surface area contributed by atoms with Crippen LogP contribution in [0.4, 0.5) is 24.8 Å². The molecular formula is C10H10F3N5O. The standard InChI is InChI=1S/C10H10F3N5O/c1-5-2-6(18-19-5)4-15-8-3-7(14)16-9(17-8)10(11,12)13/h2-3H,4H2,1H3,(H3,14,15,16,17). The SMILES string of the molecule is Cc1cc(CNc2cc(N)nc(C(F)(F)F)n2)no1. The first-order valence-corrected chi connectivity index (χ1v) is 5.22. The molecule has 0 atom stereocenters. The van der Waals surface area contributed by atoms with Gasteiger partial charge in [-0.25, -0.2) is 9.97 Å². The third kappa shape index (κ3) is 3.33. The molecule has 2 aromatic heterocycles. The molecule has 0 amide bonds. The maximum absolute atomic E-state index is 12.5. The quantitative estimate of drug-likeness (QED) is 0.888. The van der Waals surface area contributed by atoms with Gasteiger partial charge in [0.15, 0.2) is 0 Å². The summed E-state index contributed by atoms with van der Waals surface area (Å²) < 4.78 is 42.3. The van der Waals surface area contributed by atoms with Crippen LogP contribution in [-0.2, 0) is 12.7 Å². The summed E-state index contributed by atoms with van der Waals surface area (Å²) in [5.41, 5.74) is 5.85. The predicted molar refractivity (Wildman–Crippen MR) is 60.0 cm³/mol. The topological polar surface area (TPSA) is 89.9 Å². The van der Waals surface area contributed by atoms with Crippen molar-refractivity contribution in [1.29, 1.82) is 0 Å². The van der Waals surface area contributed by atoms with E-state index in [9.17, 15) is 13.2 Å². The van der Waals surface area contributed by atoms with Crippen molar-refractivity contribution in [2.24, 2.45) is 0 Å². The summed E-state index contributed by atoms with van der Waals surface area (Å²) in [6.07, 6.45) is -4.64. The van der Waals surface area contributed by atoms with Gasteiger partial charge < -0.3 is 15.6 Å². The first-order chi connectivity index (χ1) is 8.84. The maximum Gasteiger partial charge on any atom is 0.451 e. The Morgan fingerprint density at radius 2 is 2.05 bits per heavy atom. The van der Waals surface area contributed by atoms with Gasteiger partial charge in [0.2, 0.25) is 5.82 Å². The Hall–Kier alpha value is -2.32. The van der Waals surface area contributed by atoms with E-state index < -0.39 is 12.0 Å². The molecule has 0 spiro atoms. The smallest absolute Gasteiger partial charge is 0.384 e. The van der Waals surface area contributed by atoms with E-state index in [2.05, 4.69) is 20.4 Å². The zero-order valence-electron chi connectivity index (χ0n) is 9.82. The number of hydrogen-bond donors (Lipinski definition) is 2. The van der Waals surface area contributed by atoms with E-state index in [1.807, 2.05) is 0 Å². The molecular weight excluding hydrogens is 263 g/mol. The molecule has 0 aliphatic heterocycles. The number of rotatable bonds is 3. The molecule has 9 heteroatoms. The van der Waals surface area contributed by atoms with Crippen LogP contribution in [-0.4, -0.2) is 15.1 Å². The molecule has 0 radical (unpaired) electrons. The van der Waals surface area contributed by atoms with E-state index in [4.69, 9.17) is 10.3 Å². The highest BCUT2D eigenvalue weighted by Gasteiger charge is 2.35. The summed E-state index contributed by atoms with van der Waals surface area (Å²) in [7, 11) is 0. The van der Waals surface area contributed by atoms with Gasteiger partial charge in [-0.05, 0) is 6.92 Å². The fourth-order valence-electron chi connectivity index (χ4n) is 1.37. The number of aromatic nitrogens is 3. The lowest BCUT2D eigenvalue weighted by atomic mass is 10.3. The largest absolute Gasteiger partial charge is 0.451 e. The Morgan fingerprint density at radius 3 is 2.63 bits per heavy atom. The van der Waals surface area contributed by atoms with E-state index in [0.29, 0.717) is 11.5 Å².